The molecule has 124 valence electrons. The van der Waals surface area contributed by atoms with Crippen molar-refractivity contribution in [3.8, 4) is 0 Å². The van der Waals surface area contributed by atoms with Crippen molar-refractivity contribution >= 4 is 15.9 Å². The van der Waals surface area contributed by atoms with Gasteiger partial charge in [-0.1, -0.05) is 97.4 Å². The van der Waals surface area contributed by atoms with Crippen molar-refractivity contribution < 1.29 is 0 Å². The summed E-state index contributed by atoms with van der Waals surface area (Å²) >= 11 is 3.94. The summed E-state index contributed by atoms with van der Waals surface area (Å²) < 4.78 is 0.0715. The molecule has 0 fully saturated rings. The molecule has 0 saturated carbocycles. The van der Waals surface area contributed by atoms with Crippen molar-refractivity contribution in [3.05, 3.63) is 71.8 Å². The van der Waals surface area contributed by atoms with Crippen molar-refractivity contribution in [2.24, 2.45) is 5.41 Å². The van der Waals surface area contributed by atoms with Gasteiger partial charge in [0, 0.05) is 4.32 Å². The Kier molecular flexibility index (Phi) is 5.73. The van der Waals surface area contributed by atoms with E-state index in [2.05, 4.69) is 111 Å². The monoisotopic (exact) mass is 372 g/mol. The van der Waals surface area contributed by atoms with Crippen LogP contribution in [0.5, 0.6) is 0 Å². The molecule has 2 atom stereocenters. The Balaban J connectivity index is 2.28. The molecule has 0 spiro atoms. The van der Waals surface area contributed by atoms with Gasteiger partial charge >= 0.3 is 0 Å². The molecule has 0 N–H and O–H groups in total. The summed E-state index contributed by atoms with van der Waals surface area (Å²) in [5, 5.41) is 0. The molecule has 2 aromatic rings. The van der Waals surface area contributed by atoms with Crippen molar-refractivity contribution in [1.82, 2.24) is 0 Å². The van der Waals surface area contributed by atoms with Crippen molar-refractivity contribution in [2.75, 3.05) is 0 Å². The molecular weight excluding hydrogens is 344 g/mol. The van der Waals surface area contributed by atoms with E-state index in [-0.39, 0.29) is 9.74 Å². The van der Waals surface area contributed by atoms with Crippen LogP contribution in [0.25, 0.3) is 0 Å². The number of benzene rings is 2. The molecule has 2 unspecified atom stereocenters. The Bertz CT molecular complexity index is 593. The normalized spacial score (nSPS) is 15.2. The fourth-order valence-electron chi connectivity index (χ4n) is 3.34. The highest BCUT2D eigenvalue weighted by atomic mass is 79.9. The van der Waals surface area contributed by atoms with Gasteiger partial charge in [0.25, 0.3) is 0 Å². The molecule has 0 nitrogen and oxygen atoms in total. The maximum Gasteiger partial charge on any atom is 0.0270 e. The largest absolute Gasteiger partial charge is 0.0853 e. The zero-order valence-electron chi connectivity index (χ0n) is 15.0. The van der Waals surface area contributed by atoms with E-state index < -0.39 is 0 Å². The minimum Gasteiger partial charge on any atom is -0.0853 e. The minimum atomic E-state index is 0.0715. The lowest BCUT2D eigenvalue weighted by Crippen LogP contribution is -2.30. The number of halogens is 1. The summed E-state index contributed by atoms with van der Waals surface area (Å²) in [5.41, 5.74) is 3.06. The Morgan fingerprint density at radius 1 is 0.783 bits per heavy atom. The molecule has 2 rings (SSSR count). The second kappa shape index (κ2) is 7.21. The van der Waals surface area contributed by atoms with Gasteiger partial charge < -0.3 is 0 Å². The van der Waals surface area contributed by atoms with Crippen LogP contribution >= 0.6 is 15.9 Å². The highest BCUT2D eigenvalue weighted by Crippen LogP contribution is 2.48. The van der Waals surface area contributed by atoms with Gasteiger partial charge in [-0.05, 0) is 48.6 Å². The summed E-state index contributed by atoms with van der Waals surface area (Å²) in [6.07, 6.45) is 1.14. The molecule has 0 aliphatic rings. The van der Waals surface area contributed by atoms with E-state index in [1.54, 1.807) is 0 Å². The first kappa shape index (κ1) is 18.3. The van der Waals surface area contributed by atoms with Gasteiger partial charge in [0.05, 0.1) is 0 Å². The lowest BCUT2D eigenvalue weighted by atomic mass is 9.67. The molecule has 0 saturated heterocycles. The lowest BCUT2D eigenvalue weighted by Gasteiger charge is -2.40. The highest BCUT2D eigenvalue weighted by Gasteiger charge is 2.36. The molecule has 0 aromatic heterocycles. The van der Waals surface area contributed by atoms with Crippen LogP contribution in [0.1, 0.15) is 64.0 Å². The molecule has 0 aliphatic carbocycles. The second-order valence-corrected chi connectivity index (χ2v) is 9.90. The van der Waals surface area contributed by atoms with Crippen LogP contribution < -0.4 is 0 Å². The average Bonchev–Trinajstić information content (AvgIpc) is 2.52. The lowest BCUT2D eigenvalue weighted by molar-refractivity contribution is 0.240. The number of rotatable bonds is 6. The summed E-state index contributed by atoms with van der Waals surface area (Å²) in [6, 6.07) is 21.8. The predicted molar refractivity (Wildman–Crippen MR) is 105 cm³/mol. The second-order valence-electron chi connectivity index (χ2n) is 7.85. The fourth-order valence-corrected chi connectivity index (χ4v) is 3.76. The molecule has 2 aromatic carbocycles. The zero-order chi connectivity index (χ0) is 17.1. The molecule has 1 heteroatoms. The third kappa shape index (κ3) is 4.70. The van der Waals surface area contributed by atoms with Crippen LogP contribution in [0.4, 0.5) is 0 Å². The average molecular weight is 373 g/mol. The highest BCUT2D eigenvalue weighted by molar-refractivity contribution is 9.10. The van der Waals surface area contributed by atoms with Crippen LogP contribution in [0.15, 0.2) is 60.7 Å². The number of alkyl halides is 1. The van der Waals surface area contributed by atoms with Crippen LogP contribution in [0.3, 0.4) is 0 Å². The molecule has 0 aliphatic heterocycles. The standard InChI is InChI=1S/C22H29Br/c1-17(18-12-8-6-9-13-18)21(2,3)16-20(22(4,5)23)19-14-10-7-11-15-19/h6-15,17,20H,16H2,1-5H3. The summed E-state index contributed by atoms with van der Waals surface area (Å²) in [5.74, 6) is 0.995. The Morgan fingerprint density at radius 3 is 1.65 bits per heavy atom. The molecule has 0 heterocycles. The molecule has 0 radical (unpaired) electrons. The van der Waals surface area contributed by atoms with Gasteiger partial charge in [0.15, 0.2) is 0 Å². The van der Waals surface area contributed by atoms with Crippen LogP contribution in [0.2, 0.25) is 0 Å². The topological polar surface area (TPSA) is 0 Å². The molecule has 0 amide bonds. The Labute approximate surface area is 150 Å². The number of hydrogen-bond donors (Lipinski definition) is 0. The Morgan fingerprint density at radius 2 is 1.22 bits per heavy atom. The van der Waals surface area contributed by atoms with Gasteiger partial charge in [0.2, 0.25) is 0 Å². The number of hydrogen-bond acceptors (Lipinski definition) is 0. The van der Waals surface area contributed by atoms with E-state index in [9.17, 15) is 0 Å². The third-order valence-corrected chi connectivity index (χ3v) is 5.79. The van der Waals surface area contributed by atoms with E-state index in [0.29, 0.717) is 11.8 Å². The molecule has 0 bridgehead atoms. The zero-order valence-corrected chi connectivity index (χ0v) is 16.6. The van der Waals surface area contributed by atoms with Crippen molar-refractivity contribution in [1.29, 1.82) is 0 Å². The first-order chi connectivity index (χ1) is 10.7. The predicted octanol–water partition coefficient (Wildman–Crippen LogP) is 7.16. The van der Waals surface area contributed by atoms with E-state index >= 15 is 0 Å². The van der Waals surface area contributed by atoms with E-state index in [0.717, 1.165) is 6.42 Å². The van der Waals surface area contributed by atoms with Crippen LogP contribution in [-0.4, -0.2) is 4.32 Å². The summed E-state index contributed by atoms with van der Waals surface area (Å²) in [6.45, 7) is 11.7. The SMILES string of the molecule is CC(c1ccccc1)C(C)(C)CC(c1ccccc1)C(C)(C)Br. The van der Waals surface area contributed by atoms with Crippen LogP contribution in [0, 0.1) is 5.41 Å². The van der Waals surface area contributed by atoms with Crippen LogP contribution in [-0.2, 0) is 0 Å². The van der Waals surface area contributed by atoms with Gasteiger partial charge in [0.1, 0.15) is 0 Å². The molecule has 23 heavy (non-hydrogen) atoms. The first-order valence-electron chi connectivity index (χ1n) is 8.50. The summed E-state index contributed by atoms with van der Waals surface area (Å²) in [4.78, 5) is 0. The smallest absolute Gasteiger partial charge is 0.0270 e. The Hall–Kier alpha value is -1.08. The van der Waals surface area contributed by atoms with Gasteiger partial charge in [-0.3, -0.25) is 0 Å². The van der Waals surface area contributed by atoms with Gasteiger partial charge in [-0.2, -0.15) is 0 Å². The molecular formula is C22H29Br. The van der Waals surface area contributed by atoms with E-state index in [1.165, 1.54) is 11.1 Å². The fraction of sp³-hybridized carbons (Fsp3) is 0.455. The van der Waals surface area contributed by atoms with Crippen molar-refractivity contribution in [2.45, 2.75) is 57.2 Å². The van der Waals surface area contributed by atoms with Gasteiger partial charge in [-0.25, -0.2) is 0 Å². The third-order valence-electron chi connectivity index (χ3n) is 5.23. The first-order valence-corrected chi connectivity index (χ1v) is 9.30. The van der Waals surface area contributed by atoms with Crippen molar-refractivity contribution in [3.63, 3.8) is 0 Å². The minimum absolute atomic E-state index is 0.0715. The maximum absolute atomic E-state index is 3.94. The maximum atomic E-state index is 3.94. The quantitative estimate of drug-likeness (QED) is 0.471. The van der Waals surface area contributed by atoms with Gasteiger partial charge in [-0.15, -0.1) is 0 Å². The summed E-state index contributed by atoms with van der Waals surface area (Å²) in [7, 11) is 0. The van der Waals surface area contributed by atoms with E-state index in [1.807, 2.05) is 0 Å². The van der Waals surface area contributed by atoms with E-state index in [4.69, 9.17) is 0 Å².